The summed E-state index contributed by atoms with van der Waals surface area (Å²) < 4.78 is 6.02. The van der Waals surface area contributed by atoms with Crippen LogP contribution in [-0.4, -0.2) is 65.0 Å². The number of nitrogens with zero attached hydrogens (tertiary/aromatic N) is 3. The summed E-state index contributed by atoms with van der Waals surface area (Å²) in [7, 11) is 0. The first-order valence-electron chi connectivity index (χ1n) is 11.4. The van der Waals surface area contributed by atoms with Gasteiger partial charge in [0.05, 0.1) is 13.2 Å². The molecule has 2 N–H and O–H groups in total. The maximum absolute atomic E-state index is 12.6. The molecule has 0 unspecified atom stereocenters. The van der Waals surface area contributed by atoms with Gasteiger partial charge in [0.25, 0.3) is 0 Å². The van der Waals surface area contributed by atoms with Crippen molar-refractivity contribution in [2.45, 2.75) is 64.5 Å². The number of guanidine groups is 1. The SMILES string of the molecule is Cc1ccc(OCCCCC(=O)N(CCO)C2CCCC2)c2c1CN1CC(=O)NC1=N2. The topological polar surface area (TPSA) is 94.5 Å². The van der Waals surface area contributed by atoms with E-state index in [9.17, 15) is 14.7 Å². The molecule has 1 saturated heterocycles. The maximum Gasteiger partial charge on any atom is 0.246 e. The molecule has 8 nitrogen and oxygen atoms in total. The van der Waals surface area contributed by atoms with Crippen LogP contribution in [0.1, 0.15) is 56.1 Å². The minimum Gasteiger partial charge on any atom is -0.491 e. The van der Waals surface area contributed by atoms with Crippen LogP contribution in [0.15, 0.2) is 17.1 Å². The van der Waals surface area contributed by atoms with Crippen molar-refractivity contribution in [3.05, 3.63) is 23.3 Å². The average Bonchev–Trinajstić information content (AvgIpc) is 3.40. The number of fused-ring (bicyclic) bond motifs is 2. The molecule has 1 saturated carbocycles. The first-order valence-corrected chi connectivity index (χ1v) is 11.4. The van der Waals surface area contributed by atoms with Crippen LogP contribution in [0.3, 0.4) is 0 Å². The fourth-order valence-corrected chi connectivity index (χ4v) is 4.71. The molecule has 1 aliphatic carbocycles. The van der Waals surface area contributed by atoms with Gasteiger partial charge in [0.2, 0.25) is 17.8 Å². The third-order valence-corrected chi connectivity index (χ3v) is 6.40. The van der Waals surface area contributed by atoms with Crippen molar-refractivity contribution < 1.29 is 19.4 Å². The number of hydrogen-bond acceptors (Lipinski definition) is 6. The van der Waals surface area contributed by atoms with E-state index in [4.69, 9.17) is 4.74 Å². The zero-order valence-corrected chi connectivity index (χ0v) is 18.2. The number of aliphatic hydroxyl groups is 1. The van der Waals surface area contributed by atoms with E-state index < -0.39 is 0 Å². The summed E-state index contributed by atoms with van der Waals surface area (Å²) in [5.41, 5.74) is 3.01. The Labute approximate surface area is 183 Å². The highest BCUT2D eigenvalue weighted by atomic mass is 16.5. The summed E-state index contributed by atoms with van der Waals surface area (Å²) in [6, 6.07) is 4.25. The smallest absolute Gasteiger partial charge is 0.246 e. The zero-order valence-electron chi connectivity index (χ0n) is 18.2. The van der Waals surface area contributed by atoms with E-state index in [1.807, 2.05) is 28.9 Å². The Morgan fingerprint density at radius 3 is 2.87 bits per heavy atom. The Morgan fingerprint density at radius 1 is 1.29 bits per heavy atom. The number of ether oxygens (including phenoxy) is 1. The molecular formula is C23H32N4O4. The predicted molar refractivity (Wildman–Crippen MR) is 117 cm³/mol. The number of unbranched alkanes of at least 4 members (excludes halogenated alkanes) is 1. The molecule has 0 spiro atoms. The van der Waals surface area contributed by atoms with Gasteiger partial charge in [-0.25, -0.2) is 4.99 Å². The van der Waals surface area contributed by atoms with Crippen LogP contribution in [0.25, 0.3) is 0 Å². The summed E-state index contributed by atoms with van der Waals surface area (Å²) in [5, 5.41) is 12.1. The highest BCUT2D eigenvalue weighted by Gasteiger charge is 2.31. The van der Waals surface area contributed by atoms with Crippen molar-refractivity contribution in [3.8, 4) is 5.75 Å². The normalized spacial score (nSPS) is 17.8. The molecule has 0 aromatic heterocycles. The standard InChI is InChI=1S/C23H32N4O4/c1-16-9-10-19(22-18(16)14-26-15-20(29)24-23(26)25-22)31-13-5-4-8-21(30)27(11-12-28)17-6-2-3-7-17/h9-10,17,28H,2-8,11-15H2,1H3,(H,24,25,29). The molecule has 2 fully saturated rings. The summed E-state index contributed by atoms with van der Waals surface area (Å²) in [4.78, 5) is 32.8. The number of amides is 2. The second-order valence-corrected chi connectivity index (χ2v) is 8.60. The maximum atomic E-state index is 12.6. The van der Waals surface area contributed by atoms with E-state index in [-0.39, 0.29) is 18.4 Å². The molecule has 0 atom stereocenters. The Bertz CT molecular complexity index is 863. The fraction of sp³-hybridized carbons (Fsp3) is 0.609. The van der Waals surface area contributed by atoms with Crippen LogP contribution in [0.5, 0.6) is 5.75 Å². The minimum atomic E-state index is -0.0378. The van der Waals surface area contributed by atoms with Gasteiger partial charge in [-0.1, -0.05) is 18.9 Å². The van der Waals surface area contributed by atoms with E-state index in [0.29, 0.717) is 50.4 Å². The predicted octanol–water partition coefficient (Wildman–Crippen LogP) is 2.24. The van der Waals surface area contributed by atoms with E-state index >= 15 is 0 Å². The lowest BCUT2D eigenvalue weighted by atomic mass is 10.0. The van der Waals surface area contributed by atoms with E-state index in [1.54, 1.807) is 0 Å². The van der Waals surface area contributed by atoms with Crippen LogP contribution in [0.2, 0.25) is 0 Å². The number of carbonyl (C=O) groups excluding carboxylic acids is 2. The van der Waals surface area contributed by atoms with Crippen LogP contribution in [0, 0.1) is 6.92 Å². The number of aryl methyl sites for hydroxylation is 1. The number of nitrogens with one attached hydrogen (secondary N) is 1. The number of rotatable bonds is 9. The summed E-state index contributed by atoms with van der Waals surface area (Å²) in [5.74, 6) is 1.41. The Kier molecular flexibility index (Phi) is 6.75. The molecule has 1 aromatic carbocycles. The molecule has 8 heteroatoms. The highest BCUT2D eigenvalue weighted by Crippen LogP contribution is 2.38. The lowest BCUT2D eigenvalue weighted by Crippen LogP contribution is -2.40. The average molecular weight is 429 g/mol. The van der Waals surface area contributed by atoms with Gasteiger partial charge in [-0.2, -0.15) is 0 Å². The van der Waals surface area contributed by atoms with Gasteiger partial charge < -0.3 is 19.6 Å². The van der Waals surface area contributed by atoms with Crippen LogP contribution >= 0.6 is 0 Å². The molecular weight excluding hydrogens is 396 g/mol. The third kappa shape index (κ3) is 4.84. The monoisotopic (exact) mass is 428 g/mol. The molecule has 168 valence electrons. The summed E-state index contributed by atoms with van der Waals surface area (Å²) in [6.45, 7) is 3.99. The van der Waals surface area contributed by atoms with Crippen molar-refractivity contribution in [1.29, 1.82) is 0 Å². The lowest BCUT2D eigenvalue weighted by Gasteiger charge is -2.28. The molecule has 31 heavy (non-hydrogen) atoms. The van der Waals surface area contributed by atoms with Crippen molar-refractivity contribution in [2.24, 2.45) is 4.99 Å². The number of carbonyl (C=O) groups is 2. The van der Waals surface area contributed by atoms with E-state index in [1.165, 1.54) is 12.8 Å². The summed E-state index contributed by atoms with van der Waals surface area (Å²) >= 11 is 0. The van der Waals surface area contributed by atoms with Gasteiger partial charge in [0, 0.05) is 31.1 Å². The fourth-order valence-electron chi connectivity index (χ4n) is 4.71. The number of benzene rings is 1. The van der Waals surface area contributed by atoms with Gasteiger partial charge in [0.15, 0.2) is 0 Å². The largest absolute Gasteiger partial charge is 0.491 e. The Balaban J connectivity index is 1.29. The van der Waals surface area contributed by atoms with Gasteiger partial charge in [-0.3, -0.25) is 14.9 Å². The molecule has 0 radical (unpaired) electrons. The number of hydrogen-bond donors (Lipinski definition) is 2. The lowest BCUT2D eigenvalue weighted by molar-refractivity contribution is -0.134. The highest BCUT2D eigenvalue weighted by molar-refractivity contribution is 6.06. The first kappa shape index (κ1) is 21.6. The molecule has 2 heterocycles. The number of aliphatic imine (C=N–C) groups is 1. The first-order chi connectivity index (χ1) is 15.1. The van der Waals surface area contributed by atoms with Crippen LogP contribution in [-0.2, 0) is 16.1 Å². The second-order valence-electron chi connectivity index (χ2n) is 8.60. The molecule has 2 amide bonds. The van der Waals surface area contributed by atoms with Crippen molar-refractivity contribution >= 4 is 23.5 Å². The quantitative estimate of drug-likeness (QED) is 0.589. The van der Waals surface area contributed by atoms with Crippen molar-refractivity contribution in [3.63, 3.8) is 0 Å². The minimum absolute atomic E-state index is 0.0181. The van der Waals surface area contributed by atoms with Crippen molar-refractivity contribution in [2.75, 3.05) is 26.3 Å². The molecule has 4 rings (SSSR count). The second kappa shape index (κ2) is 9.68. The van der Waals surface area contributed by atoms with Gasteiger partial charge in [-0.05, 0) is 44.2 Å². The van der Waals surface area contributed by atoms with Crippen molar-refractivity contribution in [1.82, 2.24) is 15.1 Å². The van der Waals surface area contributed by atoms with Gasteiger partial charge in [-0.15, -0.1) is 0 Å². The number of aliphatic hydroxyl groups excluding tert-OH is 1. The molecule has 3 aliphatic rings. The Hall–Kier alpha value is -2.61. The molecule has 1 aromatic rings. The van der Waals surface area contributed by atoms with Gasteiger partial charge in [0.1, 0.15) is 18.0 Å². The summed E-state index contributed by atoms with van der Waals surface area (Å²) in [6.07, 6.45) is 6.43. The zero-order chi connectivity index (χ0) is 21.8. The van der Waals surface area contributed by atoms with Gasteiger partial charge >= 0.3 is 0 Å². The van der Waals surface area contributed by atoms with E-state index in [2.05, 4.69) is 10.3 Å². The van der Waals surface area contributed by atoms with Crippen LogP contribution in [0.4, 0.5) is 5.69 Å². The van der Waals surface area contributed by atoms with E-state index in [0.717, 1.165) is 42.5 Å². The van der Waals surface area contributed by atoms with Crippen LogP contribution < -0.4 is 10.1 Å². The third-order valence-electron chi connectivity index (χ3n) is 6.40. The molecule has 0 bridgehead atoms. The Morgan fingerprint density at radius 2 is 2.10 bits per heavy atom. The molecule has 2 aliphatic heterocycles.